The Kier molecular flexibility index (Phi) is 8.89. The van der Waals surface area contributed by atoms with Crippen molar-refractivity contribution in [1.82, 2.24) is 9.97 Å². The fourth-order valence-electron chi connectivity index (χ4n) is 4.39. The number of amides is 1. The molecule has 0 saturated carbocycles. The van der Waals surface area contributed by atoms with Gasteiger partial charge in [0.05, 0.1) is 53.2 Å². The van der Waals surface area contributed by atoms with Crippen molar-refractivity contribution in [3.63, 3.8) is 0 Å². The number of hydrogen-bond donors (Lipinski definition) is 1. The number of aliphatic hydroxyl groups excluding tert-OH is 1. The normalized spacial score (nSPS) is 15.1. The molecule has 2 aromatic heterocycles. The van der Waals surface area contributed by atoms with E-state index in [-0.39, 0.29) is 22.2 Å². The van der Waals surface area contributed by atoms with Crippen LogP contribution in [-0.2, 0) is 9.53 Å². The first-order valence-electron chi connectivity index (χ1n) is 12.8. The van der Waals surface area contributed by atoms with Gasteiger partial charge >= 0.3 is 5.97 Å². The number of benzene rings is 1. The highest BCUT2D eigenvalue weighted by molar-refractivity contribution is 7.17. The number of methoxy groups -OCH3 is 1. The second-order valence-electron chi connectivity index (χ2n) is 9.06. The molecule has 0 radical (unpaired) electrons. The number of thiazole rings is 2. The van der Waals surface area contributed by atoms with E-state index in [1.165, 1.54) is 23.3 Å². The number of aliphatic hydroxyl groups is 1. The molecule has 3 heterocycles. The lowest BCUT2D eigenvalue weighted by Crippen LogP contribution is -2.31. The first-order valence-corrected chi connectivity index (χ1v) is 14.5. The molecule has 4 rings (SSSR count). The van der Waals surface area contributed by atoms with E-state index in [4.69, 9.17) is 14.2 Å². The van der Waals surface area contributed by atoms with Crippen molar-refractivity contribution in [3.8, 4) is 11.5 Å². The summed E-state index contributed by atoms with van der Waals surface area (Å²) in [6.07, 6.45) is 1.83. The maximum Gasteiger partial charge on any atom is 0.350 e. The molecule has 0 saturated heterocycles. The molecule has 10 nitrogen and oxygen atoms in total. The molecule has 40 heavy (non-hydrogen) atoms. The Bertz CT molecular complexity index is 1490. The minimum absolute atomic E-state index is 0.107. The van der Waals surface area contributed by atoms with Crippen molar-refractivity contribution in [2.45, 2.75) is 53.5 Å². The summed E-state index contributed by atoms with van der Waals surface area (Å²) in [6, 6.07) is 4.05. The van der Waals surface area contributed by atoms with Gasteiger partial charge in [-0.05, 0) is 51.8 Å². The number of carbonyl (C=O) groups is 3. The topological polar surface area (TPSA) is 128 Å². The first kappa shape index (κ1) is 29.2. The number of Topliss-reactive ketones (excluding diaryl/α,β-unsaturated/α-hetero) is 1. The van der Waals surface area contributed by atoms with E-state index in [0.717, 1.165) is 24.2 Å². The minimum Gasteiger partial charge on any atom is -0.503 e. The lowest BCUT2D eigenvalue weighted by atomic mass is 9.95. The molecule has 1 aromatic carbocycles. The van der Waals surface area contributed by atoms with Crippen molar-refractivity contribution in [3.05, 3.63) is 61.2 Å². The van der Waals surface area contributed by atoms with E-state index in [0.29, 0.717) is 44.9 Å². The summed E-state index contributed by atoms with van der Waals surface area (Å²) >= 11 is 2.15. The first-order chi connectivity index (χ1) is 19.1. The van der Waals surface area contributed by atoms with Crippen LogP contribution in [0.5, 0.6) is 11.5 Å². The SMILES string of the molecule is CCCCOc1ccc(C2C(C(=O)c3sc(C)nc3C)=C(O)C(=O)N2c2nc(C)c(C(=O)OCC)s2)cc1OC. The van der Waals surface area contributed by atoms with E-state index in [9.17, 15) is 19.5 Å². The van der Waals surface area contributed by atoms with Gasteiger partial charge in [0.15, 0.2) is 22.4 Å². The number of aromatic nitrogens is 2. The third-order valence-corrected chi connectivity index (χ3v) is 8.48. The zero-order valence-electron chi connectivity index (χ0n) is 23.2. The number of carbonyl (C=O) groups excluding carboxylic acids is 3. The van der Waals surface area contributed by atoms with Crippen LogP contribution in [0, 0.1) is 20.8 Å². The second-order valence-corrected chi connectivity index (χ2v) is 11.2. The Hall–Kier alpha value is -3.77. The maximum absolute atomic E-state index is 13.9. The molecule has 1 N–H and O–H groups in total. The van der Waals surface area contributed by atoms with E-state index < -0.39 is 29.5 Å². The van der Waals surface area contributed by atoms with Crippen LogP contribution >= 0.6 is 22.7 Å². The summed E-state index contributed by atoms with van der Waals surface area (Å²) < 4.78 is 16.6. The molecule has 0 spiro atoms. The molecule has 1 aliphatic heterocycles. The van der Waals surface area contributed by atoms with Gasteiger partial charge in [-0.2, -0.15) is 0 Å². The fraction of sp³-hybridized carbons (Fsp3) is 0.393. The van der Waals surface area contributed by atoms with Crippen molar-refractivity contribution in [2.24, 2.45) is 0 Å². The minimum atomic E-state index is -1.05. The molecule has 1 atom stereocenters. The third kappa shape index (κ3) is 5.46. The number of anilines is 1. The van der Waals surface area contributed by atoms with Gasteiger partial charge in [-0.1, -0.05) is 30.7 Å². The van der Waals surface area contributed by atoms with Crippen molar-refractivity contribution >= 4 is 45.5 Å². The lowest BCUT2D eigenvalue weighted by molar-refractivity contribution is -0.117. The molecular weight excluding hydrogens is 554 g/mol. The predicted octanol–water partition coefficient (Wildman–Crippen LogP) is 5.67. The summed E-state index contributed by atoms with van der Waals surface area (Å²) in [5.41, 5.74) is 1.26. The predicted molar refractivity (Wildman–Crippen MR) is 152 cm³/mol. The van der Waals surface area contributed by atoms with Crippen molar-refractivity contribution < 1.29 is 33.7 Å². The van der Waals surface area contributed by atoms with Crippen LogP contribution in [0.4, 0.5) is 5.13 Å². The summed E-state index contributed by atoms with van der Waals surface area (Å²) in [4.78, 5) is 50.6. The zero-order chi connectivity index (χ0) is 29.1. The van der Waals surface area contributed by atoms with E-state index in [1.54, 1.807) is 45.9 Å². The number of ketones is 1. The highest BCUT2D eigenvalue weighted by Crippen LogP contribution is 2.46. The smallest absolute Gasteiger partial charge is 0.350 e. The summed E-state index contributed by atoms with van der Waals surface area (Å²) in [7, 11) is 1.50. The molecule has 12 heteroatoms. The Labute approximate surface area is 240 Å². The Balaban J connectivity index is 1.86. The average molecular weight is 586 g/mol. The standard InChI is InChI=1S/C28H31N3O7S2/c1-7-9-12-38-18-11-10-17(13-19(18)36-6)21-20(22(32)24-14(3)29-16(5)39-24)23(33)26(34)31(21)28-30-15(4)25(40-28)27(35)37-8-2/h10-11,13,21,33H,7-9,12H2,1-6H3. The number of rotatable bonds is 11. The van der Waals surface area contributed by atoms with Gasteiger partial charge in [0, 0.05) is 0 Å². The highest BCUT2D eigenvalue weighted by Gasteiger charge is 2.47. The van der Waals surface area contributed by atoms with Crippen LogP contribution in [0.3, 0.4) is 0 Å². The van der Waals surface area contributed by atoms with Crippen LogP contribution in [0.2, 0.25) is 0 Å². The van der Waals surface area contributed by atoms with Crippen LogP contribution < -0.4 is 14.4 Å². The molecule has 3 aromatic rings. The maximum atomic E-state index is 13.9. The number of ether oxygens (including phenoxy) is 3. The van der Waals surface area contributed by atoms with Crippen LogP contribution in [0.1, 0.15) is 74.0 Å². The van der Waals surface area contributed by atoms with Gasteiger partial charge in [-0.15, -0.1) is 11.3 Å². The average Bonchev–Trinajstić information content (AvgIpc) is 3.56. The molecule has 212 valence electrons. The van der Waals surface area contributed by atoms with Gasteiger partial charge in [0.1, 0.15) is 4.88 Å². The van der Waals surface area contributed by atoms with E-state index in [2.05, 4.69) is 16.9 Å². The fourth-order valence-corrected chi connectivity index (χ4v) is 6.25. The number of unbranched alkanes of at least 4 members (excludes halogenated alkanes) is 1. The molecule has 1 unspecified atom stereocenters. The van der Waals surface area contributed by atoms with Crippen molar-refractivity contribution in [1.29, 1.82) is 0 Å². The van der Waals surface area contributed by atoms with Crippen molar-refractivity contribution in [2.75, 3.05) is 25.2 Å². The van der Waals surface area contributed by atoms with Gasteiger partial charge < -0.3 is 19.3 Å². The van der Waals surface area contributed by atoms with E-state index >= 15 is 0 Å². The Morgan fingerprint density at radius 3 is 2.40 bits per heavy atom. The summed E-state index contributed by atoms with van der Waals surface area (Å²) in [5, 5.41) is 12.0. The van der Waals surface area contributed by atoms with Gasteiger partial charge in [-0.3, -0.25) is 14.5 Å². The van der Waals surface area contributed by atoms with Crippen LogP contribution in [-0.4, -0.2) is 53.1 Å². The second kappa shape index (κ2) is 12.2. The third-order valence-electron chi connectivity index (χ3n) is 6.27. The van der Waals surface area contributed by atoms with Gasteiger partial charge in [-0.25, -0.2) is 14.8 Å². The monoisotopic (exact) mass is 585 g/mol. The molecule has 0 aliphatic carbocycles. The van der Waals surface area contributed by atoms with Crippen LogP contribution in [0.15, 0.2) is 29.5 Å². The Morgan fingerprint density at radius 2 is 1.77 bits per heavy atom. The number of nitrogens with zero attached hydrogens (tertiary/aromatic N) is 3. The molecular formula is C28H31N3O7S2. The number of hydrogen-bond acceptors (Lipinski definition) is 11. The molecule has 1 aliphatic rings. The largest absolute Gasteiger partial charge is 0.503 e. The van der Waals surface area contributed by atoms with E-state index in [1.807, 2.05) is 0 Å². The number of esters is 1. The van der Waals surface area contributed by atoms with Gasteiger partial charge in [0.25, 0.3) is 5.91 Å². The molecule has 0 fully saturated rings. The zero-order valence-corrected chi connectivity index (χ0v) is 24.8. The quantitative estimate of drug-likeness (QED) is 0.172. The van der Waals surface area contributed by atoms with Gasteiger partial charge in [0.2, 0.25) is 5.78 Å². The number of aryl methyl sites for hydroxylation is 3. The molecule has 1 amide bonds. The van der Waals surface area contributed by atoms with Crippen LogP contribution in [0.25, 0.3) is 0 Å². The summed E-state index contributed by atoms with van der Waals surface area (Å²) in [5.74, 6) is -1.65. The Morgan fingerprint density at radius 1 is 1.05 bits per heavy atom. The lowest BCUT2D eigenvalue weighted by Gasteiger charge is -2.25. The molecule has 0 bridgehead atoms. The summed E-state index contributed by atoms with van der Waals surface area (Å²) in [6.45, 7) is 9.56. The highest BCUT2D eigenvalue weighted by atomic mass is 32.1.